The highest BCUT2D eigenvalue weighted by Gasteiger charge is 2.38. The molecule has 1 aromatic heterocycles. The number of nitrogens with zero attached hydrogens (tertiary/aromatic N) is 2. The molecule has 1 aliphatic heterocycles. The number of urea groups is 1. The number of pyridine rings is 1. The first-order valence-corrected chi connectivity index (χ1v) is 6.34. The first-order chi connectivity index (χ1) is 9.49. The van der Waals surface area contributed by atoms with Gasteiger partial charge in [0.05, 0.1) is 6.10 Å². The van der Waals surface area contributed by atoms with E-state index in [0.29, 0.717) is 6.54 Å². The number of amides is 2. The van der Waals surface area contributed by atoms with Gasteiger partial charge in [0.15, 0.2) is 0 Å². The van der Waals surface area contributed by atoms with Crippen molar-refractivity contribution in [3.8, 4) is 0 Å². The van der Waals surface area contributed by atoms with E-state index in [1.54, 1.807) is 18.5 Å². The zero-order valence-electron chi connectivity index (χ0n) is 11.1. The van der Waals surface area contributed by atoms with Gasteiger partial charge >= 0.3 is 12.0 Å². The fourth-order valence-electron chi connectivity index (χ4n) is 2.25. The number of carbonyl (C=O) groups excluding carboxylic acids is 1. The smallest absolute Gasteiger partial charge is 0.326 e. The number of aromatic nitrogens is 1. The van der Waals surface area contributed by atoms with Gasteiger partial charge in [-0.1, -0.05) is 0 Å². The number of carboxylic acid groups (broad SMARTS) is 1. The van der Waals surface area contributed by atoms with Crippen LogP contribution in [0.3, 0.4) is 0 Å². The Morgan fingerprint density at radius 2 is 2.30 bits per heavy atom. The molecular formula is C13H17N3O4. The van der Waals surface area contributed by atoms with E-state index in [9.17, 15) is 14.7 Å². The maximum atomic E-state index is 12.0. The summed E-state index contributed by atoms with van der Waals surface area (Å²) in [4.78, 5) is 28.2. The van der Waals surface area contributed by atoms with E-state index in [-0.39, 0.29) is 13.0 Å². The number of aliphatic hydroxyl groups excluding tert-OH is 1. The molecule has 3 N–H and O–H groups in total. The van der Waals surface area contributed by atoms with Gasteiger partial charge < -0.3 is 20.4 Å². The molecule has 0 aromatic carbocycles. The SMILES string of the molecule is Cc1cnccc1CNC(=O)N1C[C@H](O)C[C@H]1C(=O)O. The Hall–Kier alpha value is -2.15. The third-order valence-electron chi connectivity index (χ3n) is 3.39. The molecule has 0 unspecified atom stereocenters. The lowest BCUT2D eigenvalue weighted by molar-refractivity contribution is -0.141. The number of rotatable bonds is 3. The fourth-order valence-corrected chi connectivity index (χ4v) is 2.25. The van der Waals surface area contributed by atoms with Crippen molar-refractivity contribution in [3.63, 3.8) is 0 Å². The lowest BCUT2D eigenvalue weighted by atomic mass is 10.1. The largest absolute Gasteiger partial charge is 0.480 e. The summed E-state index contributed by atoms with van der Waals surface area (Å²) >= 11 is 0. The Labute approximate surface area is 116 Å². The molecular weight excluding hydrogens is 262 g/mol. The maximum absolute atomic E-state index is 12.0. The predicted octanol–water partition coefficient (Wildman–Crippen LogP) is 0.119. The van der Waals surface area contributed by atoms with Gasteiger partial charge in [-0.2, -0.15) is 0 Å². The van der Waals surface area contributed by atoms with E-state index in [1.165, 1.54) is 0 Å². The molecule has 0 saturated carbocycles. The van der Waals surface area contributed by atoms with E-state index in [4.69, 9.17) is 5.11 Å². The summed E-state index contributed by atoms with van der Waals surface area (Å²) in [7, 11) is 0. The summed E-state index contributed by atoms with van der Waals surface area (Å²) in [5.74, 6) is -1.10. The van der Waals surface area contributed by atoms with Crippen LogP contribution in [0.5, 0.6) is 0 Å². The molecule has 1 fully saturated rings. The molecule has 108 valence electrons. The number of carboxylic acids is 1. The van der Waals surface area contributed by atoms with Crippen molar-refractivity contribution in [3.05, 3.63) is 29.6 Å². The van der Waals surface area contributed by atoms with Gasteiger partial charge in [0, 0.05) is 31.9 Å². The lowest BCUT2D eigenvalue weighted by Crippen LogP contribution is -2.46. The summed E-state index contributed by atoms with van der Waals surface area (Å²) in [6, 6.07) is 0.344. The highest BCUT2D eigenvalue weighted by molar-refractivity contribution is 5.83. The van der Waals surface area contributed by atoms with Crippen LogP contribution in [0.15, 0.2) is 18.5 Å². The number of hydrogen-bond acceptors (Lipinski definition) is 4. The quantitative estimate of drug-likeness (QED) is 0.729. The number of aryl methyl sites for hydroxylation is 1. The highest BCUT2D eigenvalue weighted by atomic mass is 16.4. The maximum Gasteiger partial charge on any atom is 0.326 e. The van der Waals surface area contributed by atoms with Crippen LogP contribution < -0.4 is 5.32 Å². The Morgan fingerprint density at radius 3 is 2.95 bits per heavy atom. The topological polar surface area (TPSA) is 103 Å². The van der Waals surface area contributed by atoms with E-state index in [2.05, 4.69) is 10.3 Å². The Balaban J connectivity index is 1.98. The van der Waals surface area contributed by atoms with Crippen LogP contribution in [0.2, 0.25) is 0 Å². The molecule has 20 heavy (non-hydrogen) atoms. The third-order valence-corrected chi connectivity index (χ3v) is 3.39. The average molecular weight is 279 g/mol. The van der Waals surface area contributed by atoms with Crippen LogP contribution in [0.1, 0.15) is 17.5 Å². The van der Waals surface area contributed by atoms with Gasteiger partial charge in [-0.05, 0) is 24.1 Å². The summed E-state index contributed by atoms with van der Waals surface area (Å²) in [6.07, 6.45) is 2.61. The normalized spacial score (nSPS) is 21.8. The number of hydrogen-bond donors (Lipinski definition) is 3. The van der Waals surface area contributed by atoms with Gasteiger partial charge in [0.25, 0.3) is 0 Å². The Kier molecular flexibility index (Phi) is 4.19. The number of aliphatic hydroxyl groups is 1. The zero-order valence-corrected chi connectivity index (χ0v) is 11.1. The molecule has 7 nitrogen and oxygen atoms in total. The fraction of sp³-hybridized carbons (Fsp3) is 0.462. The highest BCUT2D eigenvalue weighted by Crippen LogP contribution is 2.18. The Morgan fingerprint density at radius 1 is 1.55 bits per heavy atom. The molecule has 1 aliphatic rings. The minimum Gasteiger partial charge on any atom is -0.480 e. The second-order valence-electron chi connectivity index (χ2n) is 4.86. The molecule has 2 atom stereocenters. The van der Waals surface area contributed by atoms with Crippen LogP contribution in [0.4, 0.5) is 4.79 Å². The summed E-state index contributed by atoms with van der Waals surface area (Å²) in [6.45, 7) is 2.22. The number of carbonyl (C=O) groups is 2. The van der Waals surface area contributed by atoms with Gasteiger partial charge in [-0.25, -0.2) is 9.59 Å². The van der Waals surface area contributed by atoms with Crippen molar-refractivity contribution in [2.75, 3.05) is 6.54 Å². The standard InChI is InChI=1S/C13H17N3O4/c1-8-5-14-3-2-9(8)6-15-13(20)16-7-10(17)4-11(16)12(18)19/h2-3,5,10-11,17H,4,6-7H2,1H3,(H,15,20)(H,18,19)/t10-,11+/m1/s1. The molecule has 1 aromatic rings. The molecule has 2 amide bonds. The molecule has 0 bridgehead atoms. The van der Waals surface area contributed by atoms with Gasteiger partial charge in [0.1, 0.15) is 6.04 Å². The monoisotopic (exact) mass is 279 g/mol. The molecule has 0 spiro atoms. The number of likely N-dealkylation sites (tertiary alicyclic amines) is 1. The van der Waals surface area contributed by atoms with Crippen molar-refractivity contribution in [2.24, 2.45) is 0 Å². The van der Waals surface area contributed by atoms with Crippen molar-refractivity contribution < 1.29 is 19.8 Å². The lowest BCUT2D eigenvalue weighted by Gasteiger charge is -2.21. The Bertz CT molecular complexity index is 520. The summed E-state index contributed by atoms with van der Waals surface area (Å²) in [5, 5.41) is 21.2. The second kappa shape index (κ2) is 5.87. The van der Waals surface area contributed by atoms with Gasteiger partial charge in [0.2, 0.25) is 0 Å². The van der Waals surface area contributed by atoms with Crippen LogP contribution in [0, 0.1) is 6.92 Å². The minimum atomic E-state index is -1.10. The number of aliphatic carboxylic acids is 1. The van der Waals surface area contributed by atoms with Crippen LogP contribution in [0.25, 0.3) is 0 Å². The van der Waals surface area contributed by atoms with E-state index in [1.807, 2.05) is 6.92 Å². The zero-order chi connectivity index (χ0) is 14.7. The number of nitrogens with one attached hydrogen (secondary N) is 1. The van der Waals surface area contributed by atoms with E-state index >= 15 is 0 Å². The van der Waals surface area contributed by atoms with Crippen molar-refractivity contribution in [1.82, 2.24) is 15.2 Å². The molecule has 7 heteroatoms. The molecule has 1 saturated heterocycles. The second-order valence-corrected chi connectivity index (χ2v) is 4.86. The summed E-state index contributed by atoms with van der Waals surface area (Å²) in [5.41, 5.74) is 1.86. The molecule has 0 radical (unpaired) electrons. The van der Waals surface area contributed by atoms with Crippen LogP contribution in [-0.4, -0.2) is 50.8 Å². The first-order valence-electron chi connectivity index (χ1n) is 6.34. The van der Waals surface area contributed by atoms with E-state index in [0.717, 1.165) is 16.0 Å². The van der Waals surface area contributed by atoms with Crippen LogP contribution >= 0.6 is 0 Å². The van der Waals surface area contributed by atoms with Crippen molar-refractivity contribution in [2.45, 2.75) is 32.0 Å². The minimum absolute atomic E-state index is 0.0398. The average Bonchev–Trinajstić information content (AvgIpc) is 2.80. The number of β-amino-alcohol motifs (C(OH)–C–C–N with tert-alkyl or cyclic N) is 1. The molecule has 0 aliphatic carbocycles. The van der Waals surface area contributed by atoms with Gasteiger partial charge in [-0.3, -0.25) is 4.98 Å². The van der Waals surface area contributed by atoms with Crippen LogP contribution in [-0.2, 0) is 11.3 Å². The predicted molar refractivity (Wildman–Crippen MR) is 70.0 cm³/mol. The molecule has 2 heterocycles. The summed E-state index contributed by atoms with van der Waals surface area (Å²) < 4.78 is 0. The molecule has 2 rings (SSSR count). The van der Waals surface area contributed by atoms with E-state index < -0.39 is 24.1 Å². The third kappa shape index (κ3) is 3.05. The first kappa shape index (κ1) is 14.3. The van der Waals surface area contributed by atoms with Gasteiger partial charge in [-0.15, -0.1) is 0 Å². The van der Waals surface area contributed by atoms with Crippen molar-refractivity contribution >= 4 is 12.0 Å². The van der Waals surface area contributed by atoms with Crippen molar-refractivity contribution in [1.29, 1.82) is 0 Å².